The normalized spacial score (nSPS) is 22.2. The summed E-state index contributed by atoms with van der Waals surface area (Å²) in [6.07, 6.45) is 4.78. The minimum Gasteiger partial charge on any atom is -0.493 e. The number of hydrogen-bond donors (Lipinski definition) is 1. The van der Waals surface area contributed by atoms with Gasteiger partial charge in [0.15, 0.2) is 11.5 Å². The molecule has 0 unspecified atom stereocenters. The van der Waals surface area contributed by atoms with Crippen molar-refractivity contribution in [2.45, 2.75) is 38.6 Å². The van der Waals surface area contributed by atoms with Crippen LogP contribution < -0.4 is 20.1 Å². The molecule has 1 aromatic rings. The highest BCUT2D eigenvalue weighted by Gasteiger charge is 2.26. The molecule has 2 N–H and O–H groups in total. The molecule has 0 bridgehead atoms. The van der Waals surface area contributed by atoms with Crippen molar-refractivity contribution in [2.75, 3.05) is 32.2 Å². The number of methoxy groups -OCH3 is 2. The Morgan fingerprint density at radius 1 is 1.24 bits per heavy atom. The van der Waals surface area contributed by atoms with Crippen molar-refractivity contribution in [3.8, 4) is 11.5 Å². The second-order valence-corrected chi connectivity index (χ2v) is 5.84. The van der Waals surface area contributed by atoms with Crippen LogP contribution in [0, 0.1) is 5.92 Å². The molecular weight excluding hydrogens is 264 g/mol. The third-order valence-electron chi connectivity index (χ3n) is 4.45. The first-order chi connectivity index (χ1) is 10.2. The van der Waals surface area contributed by atoms with Gasteiger partial charge in [0.25, 0.3) is 0 Å². The molecule has 1 aromatic carbocycles. The van der Waals surface area contributed by atoms with Crippen LogP contribution in [0.1, 0.15) is 32.6 Å². The number of nitrogens with zero attached hydrogens (tertiary/aromatic N) is 1. The van der Waals surface area contributed by atoms with Gasteiger partial charge < -0.3 is 20.1 Å². The smallest absolute Gasteiger partial charge is 0.162 e. The molecule has 2 atom stereocenters. The standard InChI is InChI=1S/C17H28N2O2/c1-4-5-6-13-12-19(10-9-15(13)18)14-7-8-16(20-2)17(11-14)21-3/h7-8,11,13,15H,4-6,9-10,12,18H2,1-3H3/t13-,15+/m1/s1. The molecule has 4 nitrogen and oxygen atoms in total. The van der Waals surface area contributed by atoms with Crippen LogP contribution in [0.5, 0.6) is 11.5 Å². The van der Waals surface area contributed by atoms with E-state index in [1.165, 1.54) is 24.9 Å². The molecule has 0 radical (unpaired) electrons. The van der Waals surface area contributed by atoms with Crippen LogP contribution in [0.3, 0.4) is 0 Å². The van der Waals surface area contributed by atoms with Gasteiger partial charge in [-0.1, -0.05) is 19.8 Å². The van der Waals surface area contributed by atoms with Crippen molar-refractivity contribution in [1.29, 1.82) is 0 Å². The number of nitrogens with two attached hydrogens (primary N) is 1. The van der Waals surface area contributed by atoms with Gasteiger partial charge in [-0.15, -0.1) is 0 Å². The van der Waals surface area contributed by atoms with Crippen molar-refractivity contribution >= 4 is 5.69 Å². The highest BCUT2D eigenvalue weighted by molar-refractivity contribution is 5.56. The largest absolute Gasteiger partial charge is 0.493 e. The summed E-state index contributed by atoms with van der Waals surface area (Å²) in [5.74, 6) is 2.15. The number of anilines is 1. The van der Waals surface area contributed by atoms with Crippen LogP contribution in [0.4, 0.5) is 5.69 Å². The summed E-state index contributed by atoms with van der Waals surface area (Å²) >= 11 is 0. The van der Waals surface area contributed by atoms with Gasteiger partial charge in [-0.2, -0.15) is 0 Å². The van der Waals surface area contributed by atoms with Gasteiger partial charge in [0.05, 0.1) is 14.2 Å². The fraction of sp³-hybridized carbons (Fsp3) is 0.647. The second kappa shape index (κ2) is 7.55. The van der Waals surface area contributed by atoms with Crippen molar-refractivity contribution in [3.63, 3.8) is 0 Å². The first-order valence-corrected chi connectivity index (χ1v) is 7.92. The van der Waals surface area contributed by atoms with E-state index >= 15 is 0 Å². The third-order valence-corrected chi connectivity index (χ3v) is 4.45. The number of rotatable bonds is 6. The lowest BCUT2D eigenvalue weighted by molar-refractivity contribution is 0.329. The first-order valence-electron chi connectivity index (χ1n) is 7.92. The summed E-state index contributed by atoms with van der Waals surface area (Å²) in [6.45, 7) is 4.29. The van der Waals surface area contributed by atoms with Crippen LogP contribution in [0.15, 0.2) is 18.2 Å². The van der Waals surface area contributed by atoms with Gasteiger partial charge in [-0.05, 0) is 30.9 Å². The van der Waals surface area contributed by atoms with E-state index in [9.17, 15) is 0 Å². The van der Waals surface area contributed by atoms with Gasteiger partial charge in [0, 0.05) is 30.9 Å². The van der Waals surface area contributed by atoms with Crippen LogP contribution in [0.25, 0.3) is 0 Å². The van der Waals surface area contributed by atoms with E-state index in [0.29, 0.717) is 12.0 Å². The van der Waals surface area contributed by atoms with Gasteiger partial charge in [-0.25, -0.2) is 0 Å². The molecule has 0 amide bonds. The number of piperidine rings is 1. The summed E-state index contributed by atoms with van der Waals surface area (Å²) in [4.78, 5) is 2.42. The lowest BCUT2D eigenvalue weighted by Gasteiger charge is -2.38. The number of hydrogen-bond acceptors (Lipinski definition) is 4. The van der Waals surface area contributed by atoms with E-state index in [1.807, 2.05) is 6.07 Å². The number of ether oxygens (including phenoxy) is 2. The predicted octanol–water partition coefficient (Wildman–Crippen LogP) is 3.05. The maximum absolute atomic E-state index is 6.29. The average Bonchev–Trinajstić information content (AvgIpc) is 2.53. The van der Waals surface area contributed by atoms with Crippen LogP contribution in [-0.4, -0.2) is 33.4 Å². The zero-order chi connectivity index (χ0) is 15.2. The van der Waals surface area contributed by atoms with E-state index in [-0.39, 0.29) is 0 Å². The summed E-state index contributed by atoms with van der Waals surface area (Å²) in [7, 11) is 3.34. The lowest BCUT2D eigenvalue weighted by Crippen LogP contribution is -2.47. The van der Waals surface area contributed by atoms with E-state index in [1.54, 1.807) is 14.2 Å². The number of unbranched alkanes of at least 4 members (excludes halogenated alkanes) is 1. The highest BCUT2D eigenvalue weighted by Crippen LogP contribution is 2.33. The van der Waals surface area contributed by atoms with Crippen LogP contribution in [0.2, 0.25) is 0 Å². The van der Waals surface area contributed by atoms with E-state index in [4.69, 9.17) is 15.2 Å². The average molecular weight is 292 g/mol. The Bertz CT molecular complexity index is 450. The van der Waals surface area contributed by atoms with Crippen molar-refractivity contribution in [1.82, 2.24) is 0 Å². The molecule has 1 fully saturated rings. The highest BCUT2D eigenvalue weighted by atomic mass is 16.5. The van der Waals surface area contributed by atoms with Crippen LogP contribution >= 0.6 is 0 Å². The van der Waals surface area contributed by atoms with Crippen LogP contribution in [-0.2, 0) is 0 Å². The first kappa shape index (κ1) is 16.0. The van der Waals surface area contributed by atoms with Gasteiger partial charge >= 0.3 is 0 Å². The molecule has 21 heavy (non-hydrogen) atoms. The maximum atomic E-state index is 6.29. The van der Waals surface area contributed by atoms with Crippen molar-refractivity contribution in [3.05, 3.63) is 18.2 Å². The molecule has 0 aliphatic carbocycles. The molecule has 0 aromatic heterocycles. The van der Waals surface area contributed by atoms with Crippen molar-refractivity contribution < 1.29 is 9.47 Å². The van der Waals surface area contributed by atoms with Gasteiger partial charge in [0.2, 0.25) is 0 Å². The zero-order valence-electron chi connectivity index (χ0n) is 13.5. The second-order valence-electron chi connectivity index (χ2n) is 5.84. The molecule has 1 saturated heterocycles. The monoisotopic (exact) mass is 292 g/mol. The minimum absolute atomic E-state index is 0.341. The Kier molecular flexibility index (Phi) is 5.74. The Morgan fingerprint density at radius 2 is 2.00 bits per heavy atom. The summed E-state index contributed by atoms with van der Waals surface area (Å²) < 4.78 is 10.7. The Labute approximate surface area is 128 Å². The van der Waals surface area contributed by atoms with Gasteiger partial charge in [0.1, 0.15) is 0 Å². The fourth-order valence-electron chi connectivity index (χ4n) is 3.08. The summed E-state index contributed by atoms with van der Waals surface area (Å²) in [6, 6.07) is 6.48. The van der Waals surface area contributed by atoms with E-state index in [0.717, 1.165) is 31.0 Å². The Hall–Kier alpha value is -1.42. The molecule has 0 spiro atoms. The van der Waals surface area contributed by atoms with Crippen molar-refractivity contribution in [2.24, 2.45) is 11.7 Å². The molecule has 4 heteroatoms. The van der Waals surface area contributed by atoms with E-state index in [2.05, 4.69) is 24.0 Å². The molecule has 1 heterocycles. The molecule has 1 aliphatic rings. The topological polar surface area (TPSA) is 47.7 Å². The predicted molar refractivity (Wildman–Crippen MR) is 87.4 cm³/mol. The maximum Gasteiger partial charge on any atom is 0.162 e. The Morgan fingerprint density at radius 3 is 2.67 bits per heavy atom. The van der Waals surface area contributed by atoms with Gasteiger partial charge in [-0.3, -0.25) is 0 Å². The lowest BCUT2D eigenvalue weighted by atomic mass is 9.88. The Balaban J connectivity index is 2.10. The molecule has 1 aliphatic heterocycles. The SMILES string of the molecule is CCCC[C@@H]1CN(c2ccc(OC)c(OC)c2)CC[C@@H]1N. The summed E-state index contributed by atoms with van der Waals surface area (Å²) in [5, 5.41) is 0. The quantitative estimate of drug-likeness (QED) is 0.875. The third kappa shape index (κ3) is 3.82. The molecule has 118 valence electrons. The minimum atomic E-state index is 0.341. The molecular formula is C17H28N2O2. The fourth-order valence-corrected chi connectivity index (χ4v) is 3.08. The van der Waals surface area contributed by atoms with E-state index < -0.39 is 0 Å². The molecule has 2 rings (SSSR count). The summed E-state index contributed by atoms with van der Waals surface area (Å²) in [5.41, 5.74) is 7.49. The number of benzene rings is 1. The zero-order valence-corrected chi connectivity index (χ0v) is 13.5. The molecule has 0 saturated carbocycles.